The number of ether oxygens (including phenoxy) is 2. The van der Waals surface area contributed by atoms with Gasteiger partial charge in [0.05, 0.1) is 16.3 Å². The van der Waals surface area contributed by atoms with Crippen LogP contribution in [0.15, 0.2) is 59.5 Å². The van der Waals surface area contributed by atoms with Gasteiger partial charge >= 0.3 is 11.9 Å². The number of non-ortho nitro benzene ring substituents is 2. The number of nitrogens with one attached hydrogen (secondary N) is 1. The number of nitrogens with zero attached hydrogens (tertiary/aromatic N) is 3. The Morgan fingerprint density at radius 2 is 1.51 bits per heavy atom. The minimum absolute atomic E-state index is 0.115. The van der Waals surface area contributed by atoms with Crippen molar-refractivity contribution in [2.45, 2.75) is 43.8 Å². The van der Waals surface area contributed by atoms with Crippen LogP contribution in [0.2, 0.25) is 0 Å². The average molecular weight is 585 g/mol. The Labute approximate surface area is 237 Å². The van der Waals surface area contributed by atoms with Gasteiger partial charge in [-0.1, -0.05) is 19.1 Å². The zero-order chi connectivity index (χ0) is 29.7. The number of esters is 2. The third-order valence-electron chi connectivity index (χ3n) is 6.34. The van der Waals surface area contributed by atoms with Crippen LogP contribution in [0.1, 0.15) is 24.5 Å². The number of carbonyl (C=O) groups excluding carboxylic acids is 4. The molecule has 3 atom stereocenters. The molecule has 214 valence electrons. The van der Waals surface area contributed by atoms with E-state index in [1.54, 1.807) is 12.3 Å². The van der Waals surface area contributed by atoms with Crippen molar-refractivity contribution in [1.82, 2.24) is 10.2 Å². The molecule has 2 aromatic carbocycles. The van der Waals surface area contributed by atoms with E-state index in [9.17, 15) is 39.4 Å². The lowest BCUT2D eigenvalue weighted by molar-refractivity contribution is -0.385. The number of β-lactam (4-membered cyclic amide) rings is 1. The van der Waals surface area contributed by atoms with Crippen LogP contribution in [-0.4, -0.2) is 62.6 Å². The third-order valence-corrected chi connectivity index (χ3v) is 7.55. The lowest BCUT2D eigenvalue weighted by Gasteiger charge is -2.51. The summed E-state index contributed by atoms with van der Waals surface area (Å²) in [7, 11) is 0. The number of carbonyl (C=O) groups is 4. The lowest BCUT2D eigenvalue weighted by Crippen LogP contribution is -2.74. The van der Waals surface area contributed by atoms with Gasteiger partial charge < -0.3 is 19.7 Å². The standard InChI is InChI=1S/C26H24N4O10S/c1-2-21(32)39-13-17-14-41-25-22(27-20(31)11-15-3-7-18(8-4-15)29(35)36)24(33)28(25)23(17)26(34)40-12-16-5-9-19(10-6-16)30(37)38/h3-10,14,22-23,25H,2,11-13H2,1H3,(H,27,31)/t22?,23?,25-/m0/s1. The Morgan fingerprint density at radius 1 is 0.927 bits per heavy atom. The van der Waals surface area contributed by atoms with Crippen LogP contribution < -0.4 is 5.32 Å². The Hall–Kier alpha value is -4.79. The van der Waals surface area contributed by atoms with Crippen molar-refractivity contribution < 1.29 is 38.5 Å². The van der Waals surface area contributed by atoms with Crippen LogP contribution in [0.25, 0.3) is 0 Å². The Balaban J connectivity index is 1.44. The normalized spacial score (nSPS) is 19.2. The molecule has 0 saturated carbocycles. The minimum atomic E-state index is -1.21. The lowest BCUT2D eigenvalue weighted by atomic mass is 9.98. The van der Waals surface area contributed by atoms with Gasteiger partial charge in [-0.25, -0.2) is 4.79 Å². The monoisotopic (exact) mass is 584 g/mol. The first kappa shape index (κ1) is 29.2. The summed E-state index contributed by atoms with van der Waals surface area (Å²) < 4.78 is 10.6. The molecule has 0 bridgehead atoms. The predicted molar refractivity (Wildman–Crippen MR) is 143 cm³/mol. The molecule has 41 heavy (non-hydrogen) atoms. The summed E-state index contributed by atoms with van der Waals surface area (Å²) >= 11 is 1.18. The third kappa shape index (κ3) is 6.69. The van der Waals surface area contributed by atoms with E-state index in [4.69, 9.17) is 9.47 Å². The van der Waals surface area contributed by atoms with Crippen LogP contribution in [0, 0.1) is 20.2 Å². The van der Waals surface area contributed by atoms with Crippen molar-refractivity contribution in [3.05, 3.63) is 90.9 Å². The topological polar surface area (TPSA) is 188 Å². The zero-order valence-corrected chi connectivity index (χ0v) is 22.4. The van der Waals surface area contributed by atoms with Crippen LogP contribution in [-0.2, 0) is 41.7 Å². The van der Waals surface area contributed by atoms with Crippen LogP contribution in [0.3, 0.4) is 0 Å². The SMILES string of the molecule is CCC(=O)OCC1=CS[C@H]2C(NC(=O)Cc3ccc([N+](=O)[O-])cc3)C(=O)N2C1C(=O)OCc1ccc([N+](=O)[O-])cc1. The number of fused-ring (bicyclic) bond motifs is 1. The van der Waals surface area contributed by atoms with Gasteiger partial charge in [0.15, 0.2) is 6.04 Å². The second kappa shape index (κ2) is 12.6. The fourth-order valence-corrected chi connectivity index (χ4v) is 5.38. The molecule has 2 unspecified atom stereocenters. The highest BCUT2D eigenvalue weighted by atomic mass is 32.2. The molecule has 2 amide bonds. The van der Waals surface area contributed by atoms with Crippen molar-refractivity contribution in [2.75, 3.05) is 6.61 Å². The first-order valence-corrected chi connectivity index (χ1v) is 13.3. The summed E-state index contributed by atoms with van der Waals surface area (Å²) in [5.74, 6) is -2.32. The van der Waals surface area contributed by atoms with Crippen molar-refractivity contribution in [1.29, 1.82) is 0 Å². The first-order chi connectivity index (χ1) is 19.6. The summed E-state index contributed by atoms with van der Waals surface area (Å²) in [6, 6.07) is 8.74. The molecule has 14 nitrogen and oxygen atoms in total. The fraction of sp³-hybridized carbons (Fsp3) is 0.308. The summed E-state index contributed by atoms with van der Waals surface area (Å²) in [5, 5.41) is 25.3. The number of benzene rings is 2. The summed E-state index contributed by atoms with van der Waals surface area (Å²) in [4.78, 5) is 72.6. The largest absolute Gasteiger partial charge is 0.461 e. The molecule has 15 heteroatoms. The van der Waals surface area contributed by atoms with E-state index in [0.29, 0.717) is 16.7 Å². The number of hydrogen-bond acceptors (Lipinski definition) is 11. The molecule has 1 saturated heterocycles. The number of nitro groups is 2. The molecule has 0 aromatic heterocycles. The summed E-state index contributed by atoms with van der Waals surface area (Å²) in [6.07, 6.45) is -0.00224. The van der Waals surface area contributed by atoms with E-state index >= 15 is 0 Å². The van der Waals surface area contributed by atoms with Gasteiger partial charge in [-0.2, -0.15) is 0 Å². The molecule has 1 N–H and O–H groups in total. The number of thioether (sulfide) groups is 1. The van der Waals surface area contributed by atoms with E-state index in [1.807, 2.05) is 0 Å². The van der Waals surface area contributed by atoms with Crippen molar-refractivity contribution >= 4 is 46.9 Å². The van der Waals surface area contributed by atoms with E-state index in [0.717, 1.165) is 0 Å². The number of rotatable bonds is 11. The number of amides is 2. The maximum atomic E-state index is 13.2. The second-order valence-electron chi connectivity index (χ2n) is 9.06. The second-order valence-corrected chi connectivity index (χ2v) is 10.0. The highest BCUT2D eigenvalue weighted by Crippen LogP contribution is 2.40. The van der Waals surface area contributed by atoms with Gasteiger partial charge in [-0.15, -0.1) is 11.8 Å². The summed E-state index contributed by atoms with van der Waals surface area (Å²) in [6.45, 7) is 1.15. The smallest absolute Gasteiger partial charge is 0.333 e. The van der Waals surface area contributed by atoms with E-state index in [1.165, 1.54) is 65.2 Å². The molecular weight excluding hydrogens is 560 g/mol. The van der Waals surface area contributed by atoms with Gasteiger partial charge in [0.25, 0.3) is 11.4 Å². The Kier molecular flexibility index (Phi) is 8.97. The quantitative estimate of drug-likeness (QED) is 0.177. The van der Waals surface area contributed by atoms with Gasteiger partial charge in [0, 0.05) is 36.3 Å². The molecule has 4 rings (SSSR count). The minimum Gasteiger partial charge on any atom is -0.461 e. The van der Waals surface area contributed by atoms with Crippen molar-refractivity contribution in [3.63, 3.8) is 0 Å². The molecule has 2 heterocycles. The molecule has 0 aliphatic carbocycles. The fourth-order valence-electron chi connectivity index (χ4n) is 4.17. The highest BCUT2D eigenvalue weighted by molar-refractivity contribution is 8.03. The molecule has 2 aromatic rings. The number of hydrogen-bond donors (Lipinski definition) is 1. The Morgan fingerprint density at radius 3 is 2.07 bits per heavy atom. The Bertz CT molecular complexity index is 1410. The van der Waals surface area contributed by atoms with Gasteiger partial charge in [0.2, 0.25) is 11.8 Å². The number of nitro benzene ring substituents is 2. The maximum Gasteiger partial charge on any atom is 0.333 e. The predicted octanol–water partition coefficient (Wildman–Crippen LogP) is 2.39. The van der Waals surface area contributed by atoms with E-state index in [2.05, 4.69) is 5.32 Å². The van der Waals surface area contributed by atoms with Gasteiger partial charge in [0.1, 0.15) is 24.6 Å². The molecule has 0 spiro atoms. The molecular formula is C26H24N4O10S. The maximum absolute atomic E-state index is 13.2. The van der Waals surface area contributed by atoms with E-state index in [-0.39, 0.29) is 37.4 Å². The van der Waals surface area contributed by atoms with Crippen LogP contribution in [0.5, 0.6) is 0 Å². The van der Waals surface area contributed by atoms with Gasteiger partial charge in [-0.3, -0.25) is 34.6 Å². The van der Waals surface area contributed by atoms with Crippen LogP contribution >= 0.6 is 11.8 Å². The van der Waals surface area contributed by atoms with Crippen LogP contribution in [0.4, 0.5) is 11.4 Å². The average Bonchev–Trinajstić information content (AvgIpc) is 2.97. The first-order valence-electron chi connectivity index (χ1n) is 12.3. The molecule has 2 aliphatic rings. The molecule has 1 fully saturated rings. The van der Waals surface area contributed by atoms with Crippen molar-refractivity contribution in [3.8, 4) is 0 Å². The molecule has 2 aliphatic heterocycles. The summed E-state index contributed by atoms with van der Waals surface area (Å²) in [5.41, 5.74) is 1.09. The molecule has 0 radical (unpaired) electrons. The van der Waals surface area contributed by atoms with E-state index < -0.39 is 51.1 Å². The van der Waals surface area contributed by atoms with Crippen molar-refractivity contribution in [2.24, 2.45) is 0 Å². The zero-order valence-electron chi connectivity index (χ0n) is 21.6. The van der Waals surface area contributed by atoms with Gasteiger partial charge in [-0.05, 0) is 28.7 Å². The highest BCUT2D eigenvalue weighted by Gasteiger charge is 2.56.